The molecule has 3 aromatic rings. The maximum atomic E-state index is 12.4. The van der Waals surface area contributed by atoms with Gasteiger partial charge >= 0.3 is 0 Å². The largest absolute Gasteiger partial charge is 0.373 e. The third kappa shape index (κ3) is 3.65. The molecular weight excluding hydrogens is 334 g/mol. The maximum absolute atomic E-state index is 12.4. The first-order valence-corrected chi connectivity index (χ1v) is 9.20. The lowest BCUT2D eigenvalue weighted by Crippen LogP contribution is -2.21. The Morgan fingerprint density at radius 1 is 1.32 bits per heavy atom. The molecule has 0 saturated carbocycles. The molecule has 0 unspecified atom stereocenters. The van der Waals surface area contributed by atoms with Gasteiger partial charge in [0, 0.05) is 30.4 Å². The number of ether oxygens (including phenoxy) is 1. The molecule has 5 nitrogen and oxygen atoms in total. The van der Waals surface area contributed by atoms with E-state index < -0.39 is 0 Å². The number of rotatable bonds is 5. The number of hydrogen-bond acceptors (Lipinski definition) is 4. The van der Waals surface area contributed by atoms with Gasteiger partial charge in [0.05, 0.1) is 16.7 Å². The second-order valence-corrected chi connectivity index (χ2v) is 7.12. The van der Waals surface area contributed by atoms with Crippen LogP contribution in [0.4, 0.5) is 0 Å². The third-order valence-electron chi connectivity index (χ3n) is 4.23. The molecule has 2 aromatic heterocycles. The van der Waals surface area contributed by atoms with Gasteiger partial charge in [-0.15, -0.1) is 11.3 Å². The topological polar surface area (TPSA) is 56.2 Å². The number of aromatic nitrogens is 2. The number of hydrogen-bond donors (Lipinski definition) is 1. The van der Waals surface area contributed by atoms with Crippen molar-refractivity contribution in [3.63, 3.8) is 0 Å². The summed E-state index contributed by atoms with van der Waals surface area (Å²) in [7, 11) is 0. The number of carbonyl (C=O) groups is 1. The van der Waals surface area contributed by atoms with Crippen LogP contribution in [0.2, 0.25) is 0 Å². The van der Waals surface area contributed by atoms with Crippen LogP contribution in [0.5, 0.6) is 0 Å². The molecule has 0 radical (unpaired) electrons. The molecule has 3 heterocycles. The predicted octanol–water partition coefficient (Wildman–Crippen LogP) is 3.72. The number of nitrogens with zero attached hydrogens (tertiary/aromatic N) is 2. The third-order valence-corrected chi connectivity index (χ3v) is 5.41. The first-order chi connectivity index (χ1) is 12.3. The zero-order valence-corrected chi connectivity index (χ0v) is 14.5. The zero-order chi connectivity index (χ0) is 17.1. The summed E-state index contributed by atoms with van der Waals surface area (Å²) < 4.78 is 7.48. The predicted molar refractivity (Wildman–Crippen MR) is 97.0 cm³/mol. The van der Waals surface area contributed by atoms with E-state index in [4.69, 9.17) is 4.74 Å². The van der Waals surface area contributed by atoms with Gasteiger partial charge < -0.3 is 10.1 Å². The molecule has 25 heavy (non-hydrogen) atoms. The van der Waals surface area contributed by atoms with E-state index in [-0.39, 0.29) is 12.0 Å². The number of thiophene rings is 1. The smallest absolute Gasteiger partial charge is 0.261 e. The number of amides is 1. The quantitative estimate of drug-likeness (QED) is 0.761. The minimum Gasteiger partial charge on any atom is -0.373 e. The highest BCUT2D eigenvalue weighted by Gasteiger charge is 2.20. The molecule has 4 rings (SSSR count). The summed E-state index contributed by atoms with van der Waals surface area (Å²) >= 11 is 1.52. The highest BCUT2D eigenvalue weighted by Crippen LogP contribution is 2.33. The van der Waals surface area contributed by atoms with Gasteiger partial charge in [0.25, 0.3) is 5.91 Å². The summed E-state index contributed by atoms with van der Waals surface area (Å²) in [6, 6.07) is 13.8. The summed E-state index contributed by atoms with van der Waals surface area (Å²) in [5.74, 6) is -0.0428. The van der Waals surface area contributed by atoms with Crippen LogP contribution in [-0.2, 0) is 11.3 Å². The van der Waals surface area contributed by atoms with E-state index in [0.717, 1.165) is 40.5 Å². The van der Waals surface area contributed by atoms with Crippen LogP contribution in [-0.4, -0.2) is 22.3 Å². The van der Waals surface area contributed by atoms with Crippen molar-refractivity contribution in [2.24, 2.45) is 0 Å². The molecule has 0 aliphatic carbocycles. The van der Waals surface area contributed by atoms with Gasteiger partial charge in [0.1, 0.15) is 0 Å². The summed E-state index contributed by atoms with van der Waals surface area (Å²) in [6.45, 7) is 1.30. The van der Waals surface area contributed by atoms with E-state index >= 15 is 0 Å². The molecule has 1 aliphatic rings. The van der Waals surface area contributed by atoms with Crippen molar-refractivity contribution in [3.05, 3.63) is 70.2 Å². The molecule has 1 aromatic carbocycles. The maximum Gasteiger partial charge on any atom is 0.261 e. The van der Waals surface area contributed by atoms with Crippen LogP contribution in [0.3, 0.4) is 0 Å². The second kappa shape index (κ2) is 7.21. The van der Waals surface area contributed by atoms with Gasteiger partial charge in [-0.05, 0) is 48.7 Å². The molecule has 1 N–H and O–H groups in total. The Balaban J connectivity index is 1.39. The van der Waals surface area contributed by atoms with Crippen LogP contribution in [0, 0.1) is 0 Å². The Bertz CT molecular complexity index is 851. The van der Waals surface area contributed by atoms with Gasteiger partial charge in [-0.1, -0.05) is 12.1 Å². The highest BCUT2D eigenvalue weighted by atomic mass is 32.1. The highest BCUT2D eigenvalue weighted by molar-refractivity contribution is 7.14. The fraction of sp³-hybridized carbons (Fsp3) is 0.263. The van der Waals surface area contributed by atoms with Gasteiger partial charge in [0.15, 0.2) is 0 Å². The summed E-state index contributed by atoms with van der Waals surface area (Å²) in [6.07, 6.45) is 5.95. The van der Waals surface area contributed by atoms with Crippen LogP contribution in [0.25, 0.3) is 5.69 Å². The van der Waals surface area contributed by atoms with E-state index in [2.05, 4.69) is 10.4 Å². The average molecular weight is 353 g/mol. The molecule has 128 valence electrons. The Morgan fingerprint density at radius 2 is 2.28 bits per heavy atom. The van der Waals surface area contributed by atoms with Crippen molar-refractivity contribution in [1.29, 1.82) is 0 Å². The number of benzene rings is 1. The van der Waals surface area contributed by atoms with Crippen molar-refractivity contribution >= 4 is 17.2 Å². The van der Waals surface area contributed by atoms with E-state index in [9.17, 15) is 4.79 Å². The van der Waals surface area contributed by atoms with Gasteiger partial charge in [-0.25, -0.2) is 4.68 Å². The second-order valence-electron chi connectivity index (χ2n) is 6.01. The fourth-order valence-corrected chi connectivity index (χ4v) is 3.96. The van der Waals surface area contributed by atoms with Crippen molar-refractivity contribution in [2.75, 3.05) is 6.61 Å². The molecule has 1 fully saturated rings. The van der Waals surface area contributed by atoms with Crippen LogP contribution < -0.4 is 5.32 Å². The summed E-state index contributed by atoms with van der Waals surface area (Å²) in [5.41, 5.74) is 2.02. The Kier molecular flexibility index (Phi) is 4.63. The standard InChI is InChI=1S/C19H19N3O2S/c23-19(18-8-7-17(25-18)16-6-2-11-24-16)20-13-14-4-1-5-15(12-14)22-10-3-9-21-22/h1,3-5,7-10,12,16H,2,6,11,13H2,(H,20,23)/t16-/m0/s1. The molecule has 1 amide bonds. The Labute approximate surface area is 150 Å². The monoisotopic (exact) mass is 353 g/mol. The summed E-state index contributed by atoms with van der Waals surface area (Å²) in [5, 5.41) is 7.22. The van der Waals surface area contributed by atoms with Gasteiger partial charge in [-0.3, -0.25) is 4.79 Å². The molecule has 1 atom stereocenters. The number of carbonyl (C=O) groups excluding carboxylic acids is 1. The minimum absolute atomic E-state index is 0.0428. The lowest BCUT2D eigenvalue weighted by molar-refractivity contribution is 0.0955. The van der Waals surface area contributed by atoms with Crippen molar-refractivity contribution in [3.8, 4) is 5.69 Å². The number of nitrogens with one attached hydrogen (secondary N) is 1. The van der Waals surface area contributed by atoms with Crippen molar-refractivity contribution in [2.45, 2.75) is 25.5 Å². The normalized spacial score (nSPS) is 16.9. The Hall–Kier alpha value is -2.44. The SMILES string of the molecule is O=C(NCc1cccc(-n2cccn2)c1)c1ccc([C@@H]2CCCO2)s1. The van der Waals surface area contributed by atoms with E-state index in [1.807, 2.05) is 48.7 Å². The average Bonchev–Trinajstić information content (AvgIpc) is 3.41. The summed E-state index contributed by atoms with van der Waals surface area (Å²) in [4.78, 5) is 14.3. The fourth-order valence-electron chi connectivity index (χ4n) is 2.95. The lowest BCUT2D eigenvalue weighted by atomic mass is 10.2. The molecule has 6 heteroatoms. The van der Waals surface area contributed by atoms with Crippen LogP contribution >= 0.6 is 11.3 Å². The minimum atomic E-state index is -0.0428. The van der Waals surface area contributed by atoms with Crippen LogP contribution in [0.15, 0.2) is 54.9 Å². The van der Waals surface area contributed by atoms with E-state index in [1.54, 1.807) is 10.9 Å². The van der Waals surface area contributed by atoms with Gasteiger partial charge in [-0.2, -0.15) is 5.10 Å². The molecule has 0 bridgehead atoms. The first-order valence-electron chi connectivity index (χ1n) is 8.38. The molecule has 1 aliphatic heterocycles. The van der Waals surface area contributed by atoms with E-state index in [1.165, 1.54) is 11.3 Å². The molecular formula is C19H19N3O2S. The van der Waals surface area contributed by atoms with Crippen molar-refractivity contribution in [1.82, 2.24) is 15.1 Å². The van der Waals surface area contributed by atoms with Crippen LogP contribution in [0.1, 0.15) is 39.1 Å². The molecule has 1 saturated heterocycles. The van der Waals surface area contributed by atoms with Gasteiger partial charge in [0.2, 0.25) is 0 Å². The zero-order valence-electron chi connectivity index (χ0n) is 13.7. The Morgan fingerprint density at radius 3 is 3.08 bits per heavy atom. The van der Waals surface area contributed by atoms with E-state index in [0.29, 0.717) is 6.54 Å². The molecule has 0 spiro atoms. The first kappa shape index (κ1) is 16.1. The lowest BCUT2D eigenvalue weighted by Gasteiger charge is -2.07. The van der Waals surface area contributed by atoms with Crippen molar-refractivity contribution < 1.29 is 9.53 Å².